The molecule has 0 bridgehead atoms. The van der Waals surface area contributed by atoms with E-state index in [1.54, 1.807) is 6.92 Å². The van der Waals surface area contributed by atoms with Gasteiger partial charge in [-0.2, -0.15) is 0 Å². The van der Waals surface area contributed by atoms with Crippen LogP contribution in [0.4, 0.5) is 5.69 Å². The van der Waals surface area contributed by atoms with Crippen LogP contribution in [0.3, 0.4) is 0 Å². The topological polar surface area (TPSA) is 85.4 Å². The third-order valence-corrected chi connectivity index (χ3v) is 2.29. The van der Waals surface area contributed by atoms with Gasteiger partial charge in [0.05, 0.1) is 18.0 Å². The van der Waals surface area contributed by atoms with Gasteiger partial charge in [-0.05, 0) is 6.92 Å². The molecular weight excluding hydrogens is 184 g/mol. The summed E-state index contributed by atoms with van der Waals surface area (Å²) in [6.45, 7) is 2.14. The number of carboxylic acids is 1. The lowest BCUT2D eigenvalue weighted by Gasteiger charge is -2.08. The molecule has 2 heterocycles. The van der Waals surface area contributed by atoms with Crippen molar-refractivity contribution in [3.63, 3.8) is 0 Å². The van der Waals surface area contributed by atoms with Crippen molar-refractivity contribution >= 4 is 11.7 Å². The summed E-state index contributed by atoms with van der Waals surface area (Å²) < 4.78 is 5.21. The molecule has 14 heavy (non-hydrogen) atoms. The molecule has 1 aliphatic heterocycles. The maximum Gasteiger partial charge on any atom is 0.339 e. The number of rotatable bonds is 1. The molecule has 0 amide bonds. The summed E-state index contributed by atoms with van der Waals surface area (Å²) in [5.41, 5.74) is 7.23. The van der Waals surface area contributed by atoms with Gasteiger partial charge in [-0.15, -0.1) is 0 Å². The van der Waals surface area contributed by atoms with Gasteiger partial charge in [0.2, 0.25) is 5.88 Å². The SMILES string of the molecule is Cc1nc2c(c(N)c1C(=O)O)CCO2. The van der Waals surface area contributed by atoms with E-state index in [0.29, 0.717) is 30.2 Å². The Bertz CT molecular complexity index is 415. The standard InChI is InChI=1S/C9H10N2O3/c1-4-6(9(12)13)7(10)5-2-3-14-8(5)11-4/h2-3H2,1H3,(H2,10,11)(H,12,13). The molecule has 0 unspecified atom stereocenters. The smallest absolute Gasteiger partial charge is 0.339 e. The minimum atomic E-state index is -1.04. The molecule has 74 valence electrons. The fourth-order valence-electron chi connectivity index (χ4n) is 1.62. The van der Waals surface area contributed by atoms with Gasteiger partial charge in [-0.1, -0.05) is 0 Å². The highest BCUT2D eigenvalue weighted by Crippen LogP contribution is 2.32. The molecule has 1 aromatic heterocycles. The number of pyridine rings is 1. The van der Waals surface area contributed by atoms with Crippen molar-refractivity contribution < 1.29 is 14.6 Å². The first kappa shape index (κ1) is 8.80. The Balaban J connectivity index is 2.68. The second-order valence-corrected chi connectivity index (χ2v) is 3.17. The lowest BCUT2D eigenvalue weighted by atomic mass is 10.1. The van der Waals surface area contributed by atoms with E-state index in [2.05, 4.69) is 4.98 Å². The predicted molar refractivity (Wildman–Crippen MR) is 49.5 cm³/mol. The first-order valence-electron chi connectivity index (χ1n) is 4.26. The minimum Gasteiger partial charge on any atom is -0.478 e. The molecule has 5 nitrogen and oxygen atoms in total. The number of ether oxygens (including phenoxy) is 1. The monoisotopic (exact) mass is 194 g/mol. The number of nitrogens with zero attached hydrogens (tertiary/aromatic N) is 1. The molecule has 0 spiro atoms. The molecule has 3 N–H and O–H groups in total. The van der Waals surface area contributed by atoms with Gasteiger partial charge in [-0.3, -0.25) is 0 Å². The van der Waals surface area contributed by atoms with E-state index < -0.39 is 5.97 Å². The molecule has 0 saturated heterocycles. The maximum atomic E-state index is 10.9. The first-order chi connectivity index (χ1) is 6.61. The lowest BCUT2D eigenvalue weighted by Crippen LogP contribution is -2.09. The zero-order valence-corrected chi connectivity index (χ0v) is 7.70. The van der Waals surface area contributed by atoms with Crippen LogP contribution in [-0.2, 0) is 6.42 Å². The molecule has 0 atom stereocenters. The van der Waals surface area contributed by atoms with Crippen LogP contribution in [-0.4, -0.2) is 22.7 Å². The zero-order valence-electron chi connectivity index (χ0n) is 7.70. The molecule has 0 fully saturated rings. The Morgan fingerprint density at radius 1 is 1.64 bits per heavy atom. The minimum absolute atomic E-state index is 0.0919. The highest BCUT2D eigenvalue weighted by atomic mass is 16.5. The van der Waals surface area contributed by atoms with E-state index in [4.69, 9.17) is 15.6 Å². The van der Waals surface area contributed by atoms with Crippen molar-refractivity contribution in [1.82, 2.24) is 4.98 Å². The number of carbonyl (C=O) groups is 1. The summed E-state index contributed by atoms with van der Waals surface area (Å²) in [6, 6.07) is 0. The Morgan fingerprint density at radius 3 is 3.00 bits per heavy atom. The summed E-state index contributed by atoms with van der Waals surface area (Å²) >= 11 is 0. The number of hydrogen-bond acceptors (Lipinski definition) is 4. The number of hydrogen-bond donors (Lipinski definition) is 2. The van der Waals surface area contributed by atoms with Gasteiger partial charge in [0.1, 0.15) is 5.56 Å². The highest BCUT2D eigenvalue weighted by Gasteiger charge is 2.24. The Morgan fingerprint density at radius 2 is 2.36 bits per heavy atom. The number of anilines is 1. The Labute approximate surface area is 80.5 Å². The van der Waals surface area contributed by atoms with Crippen molar-refractivity contribution in [2.45, 2.75) is 13.3 Å². The predicted octanol–water partition coefficient (Wildman–Crippen LogP) is 0.605. The average molecular weight is 194 g/mol. The Hall–Kier alpha value is -1.78. The number of aromatic nitrogens is 1. The number of fused-ring (bicyclic) bond motifs is 1. The maximum absolute atomic E-state index is 10.9. The molecule has 0 aromatic carbocycles. The second-order valence-electron chi connectivity index (χ2n) is 3.17. The summed E-state index contributed by atoms with van der Waals surface area (Å²) in [4.78, 5) is 14.9. The van der Waals surface area contributed by atoms with Gasteiger partial charge < -0.3 is 15.6 Å². The van der Waals surface area contributed by atoms with Crippen molar-refractivity contribution in [3.05, 3.63) is 16.8 Å². The van der Waals surface area contributed by atoms with E-state index in [1.807, 2.05) is 0 Å². The van der Waals surface area contributed by atoms with Crippen LogP contribution in [0.2, 0.25) is 0 Å². The number of aryl methyl sites for hydroxylation is 1. The van der Waals surface area contributed by atoms with Crippen molar-refractivity contribution in [2.24, 2.45) is 0 Å². The van der Waals surface area contributed by atoms with Gasteiger partial charge in [0.15, 0.2) is 0 Å². The lowest BCUT2D eigenvalue weighted by molar-refractivity contribution is 0.0696. The summed E-state index contributed by atoms with van der Waals surface area (Å²) in [6.07, 6.45) is 0.634. The summed E-state index contributed by atoms with van der Waals surface area (Å²) in [5, 5.41) is 8.92. The fourth-order valence-corrected chi connectivity index (χ4v) is 1.62. The molecule has 0 aliphatic carbocycles. The fraction of sp³-hybridized carbons (Fsp3) is 0.333. The van der Waals surface area contributed by atoms with Crippen LogP contribution >= 0.6 is 0 Å². The second kappa shape index (κ2) is 2.87. The molecule has 0 radical (unpaired) electrons. The van der Waals surface area contributed by atoms with Crippen molar-refractivity contribution in [1.29, 1.82) is 0 Å². The molecule has 0 saturated carbocycles. The number of nitrogen functional groups attached to an aromatic ring is 1. The molecule has 5 heteroatoms. The van der Waals surface area contributed by atoms with E-state index in [1.165, 1.54) is 0 Å². The summed E-state index contributed by atoms with van der Waals surface area (Å²) in [7, 11) is 0. The van der Waals surface area contributed by atoms with Crippen LogP contribution in [0, 0.1) is 6.92 Å². The number of nitrogens with two attached hydrogens (primary N) is 1. The third-order valence-electron chi connectivity index (χ3n) is 2.29. The van der Waals surface area contributed by atoms with Gasteiger partial charge in [-0.25, -0.2) is 9.78 Å². The van der Waals surface area contributed by atoms with Gasteiger partial charge >= 0.3 is 5.97 Å². The van der Waals surface area contributed by atoms with Crippen LogP contribution in [0.1, 0.15) is 21.6 Å². The van der Waals surface area contributed by atoms with E-state index in [9.17, 15) is 4.79 Å². The molecule has 2 rings (SSSR count). The molecular formula is C9H10N2O3. The van der Waals surface area contributed by atoms with Gasteiger partial charge in [0, 0.05) is 12.0 Å². The van der Waals surface area contributed by atoms with E-state index >= 15 is 0 Å². The van der Waals surface area contributed by atoms with Crippen molar-refractivity contribution in [3.8, 4) is 5.88 Å². The number of aromatic carboxylic acids is 1. The van der Waals surface area contributed by atoms with E-state index in [0.717, 1.165) is 0 Å². The van der Waals surface area contributed by atoms with E-state index in [-0.39, 0.29) is 11.3 Å². The normalized spacial score (nSPS) is 13.5. The highest BCUT2D eigenvalue weighted by molar-refractivity contribution is 5.96. The number of carboxylic acid groups (broad SMARTS) is 1. The average Bonchev–Trinajstić information content (AvgIpc) is 2.50. The Kier molecular flexibility index (Phi) is 1.80. The largest absolute Gasteiger partial charge is 0.478 e. The summed E-state index contributed by atoms with van der Waals surface area (Å²) in [5.74, 6) is -0.563. The molecule has 1 aliphatic rings. The van der Waals surface area contributed by atoms with Crippen LogP contribution in [0.15, 0.2) is 0 Å². The third kappa shape index (κ3) is 1.09. The quantitative estimate of drug-likeness (QED) is 0.683. The molecule has 1 aromatic rings. The van der Waals surface area contributed by atoms with Crippen LogP contribution < -0.4 is 10.5 Å². The zero-order chi connectivity index (χ0) is 10.3. The van der Waals surface area contributed by atoms with Crippen LogP contribution in [0.25, 0.3) is 0 Å². The first-order valence-corrected chi connectivity index (χ1v) is 4.26. The van der Waals surface area contributed by atoms with Crippen LogP contribution in [0.5, 0.6) is 5.88 Å². The van der Waals surface area contributed by atoms with Crippen molar-refractivity contribution in [2.75, 3.05) is 12.3 Å². The van der Waals surface area contributed by atoms with Gasteiger partial charge in [0.25, 0.3) is 0 Å².